The summed E-state index contributed by atoms with van der Waals surface area (Å²) in [4.78, 5) is 35.6. The fourth-order valence-electron chi connectivity index (χ4n) is 2.25. The molecule has 8 nitrogen and oxygen atoms in total. The van der Waals surface area contributed by atoms with Crippen LogP contribution in [0.4, 0.5) is 10.7 Å². The second kappa shape index (κ2) is 8.82. The van der Waals surface area contributed by atoms with Gasteiger partial charge >= 0.3 is 11.9 Å². The highest BCUT2D eigenvalue weighted by molar-refractivity contribution is 7.18. The average molecular weight is 387 g/mol. The third-order valence-electron chi connectivity index (χ3n) is 3.37. The topological polar surface area (TPSA) is 132 Å². The number of nitrogens with one attached hydrogen (secondary N) is 1. The number of rotatable bonds is 6. The zero-order chi connectivity index (χ0) is 20.0. The van der Waals surface area contributed by atoms with Crippen molar-refractivity contribution >= 4 is 39.9 Å². The average Bonchev–Trinajstić information content (AvgIpc) is 2.95. The molecule has 0 saturated carbocycles. The zero-order valence-electron chi connectivity index (χ0n) is 14.7. The van der Waals surface area contributed by atoms with Gasteiger partial charge in [0.1, 0.15) is 22.6 Å². The van der Waals surface area contributed by atoms with Gasteiger partial charge < -0.3 is 20.5 Å². The van der Waals surface area contributed by atoms with E-state index in [-0.39, 0.29) is 45.7 Å². The summed E-state index contributed by atoms with van der Waals surface area (Å²) in [6, 6.07) is 8.12. The van der Waals surface area contributed by atoms with Crippen LogP contribution in [0.3, 0.4) is 0 Å². The van der Waals surface area contributed by atoms with Crippen molar-refractivity contribution in [2.45, 2.75) is 20.5 Å². The molecule has 140 valence electrons. The number of benzene rings is 1. The molecule has 0 saturated heterocycles. The van der Waals surface area contributed by atoms with Crippen LogP contribution in [-0.4, -0.2) is 24.5 Å². The predicted molar refractivity (Wildman–Crippen MR) is 99.3 cm³/mol. The Morgan fingerprint density at radius 2 is 2.00 bits per heavy atom. The van der Waals surface area contributed by atoms with Crippen LogP contribution in [0.15, 0.2) is 24.3 Å². The van der Waals surface area contributed by atoms with E-state index in [0.29, 0.717) is 5.69 Å². The quantitative estimate of drug-likeness (QED) is 0.728. The number of ether oxygens (including phenoxy) is 2. The number of hydrogen-bond donors (Lipinski definition) is 2. The van der Waals surface area contributed by atoms with Crippen LogP contribution >= 0.6 is 11.3 Å². The third kappa shape index (κ3) is 4.83. The van der Waals surface area contributed by atoms with Gasteiger partial charge in [0.05, 0.1) is 17.7 Å². The smallest absolute Gasteiger partial charge is 0.348 e. The van der Waals surface area contributed by atoms with Crippen molar-refractivity contribution in [1.29, 1.82) is 5.26 Å². The molecular formula is C18H17N3O5S. The Morgan fingerprint density at radius 3 is 2.63 bits per heavy atom. The maximum absolute atomic E-state index is 12.3. The second-order valence-electron chi connectivity index (χ2n) is 5.32. The number of amides is 1. The number of nitrogen functional groups attached to an aromatic ring is 1. The van der Waals surface area contributed by atoms with Gasteiger partial charge in [-0.1, -0.05) is 6.07 Å². The van der Waals surface area contributed by atoms with Crippen LogP contribution < -0.4 is 11.1 Å². The zero-order valence-corrected chi connectivity index (χ0v) is 15.5. The summed E-state index contributed by atoms with van der Waals surface area (Å²) >= 11 is 0.912. The molecule has 0 aliphatic carbocycles. The highest BCUT2D eigenvalue weighted by atomic mass is 32.1. The number of nitriles is 1. The Labute approximate surface area is 159 Å². The molecule has 0 aliphatic heterocycles. The van der Waals surface area contributed by atoms with E-state index in [4.69, 9.17) is 15.2 Å². The van der Waals surface area contributed by atoms with Crippen molar-refractivity contribution in [3.63, 3.8) is 0 Å². The molecule has 0 radical (unpaired) electrons. The number of anilines is 2. The van der Waals surface area contributed by atoms with E-state index in [0.717, 1.165) is 11.3 Å². The molecule has 1 heterocycles. The lowest BCUT2D eigenvalue weighted by Gasteiger charge is -2.08. The van der Waals surface area contributed by atoms with E-state index in [1.165, 1.54) is 19.1 Å². The van der Waals surface area contributed by atoms with Crippen molar-refractivity contribution in [2.75, 3.05) is 17.7 Å². The van der Waals surface area contributed by atoms with Gasteiger partial charge in [-0.3, -0.25) is 4.79 Å². The molecule has 0 fully saturated rings. The first kappa shape index (κ1) is 19.9. The second-order valence-corrected chi connectivity index (χ2v) is 6.37. The molecule has 0 spiro atoms. The number of nitrogens with zero attached hydrogens (tertiary/aromatic N) is 1. The summed E-state index contributed by atoms with van der Waals surface area (Å²) in [7, 11) is 0. The standard InChI is InChI=1S/C18H17N3O5S/c1-3-25-18(24)15-14(13(8-19)16(20)27-15)9-26-17(23)11-5-4-6-12(7-11)21-10(2)22/h4-7H,3,9,20H2,1-2H3,(H,21,22). The normalized spacial score (nSPS) is 9.96. The van der Waals surface area contributed by atoms with E-state index < -0.39 is 11.9 Å². The lowest BCUT2D eigenvalue weighted by molar-refractivity contribution is -0.114. The van der Waals surface area contributed by atoms with Crippen molar-refractivity contribution < 1.29 is 23.9 Å². The largest absolute Gasteiger partial charge is 0.462 e. The monoisotopic (exact) mass is 387 g/mol. The molecule has 2 rings (SSSR count). The maximum atomic E-state index is 12.3. The number of thiophene rings is 1. The van der Waals surface area contributed by atoms with Gasteiger partial charge in [-0.05, 0) is 25.1 Å². The SMILES string of the molecule is CCOC(=O)c1sc(N)c(C#N)c1COC(=O)c1cccc(NC(C)=O)c1. The van der Waals surface area contributed by atoms with E-state index in [1.807, 2.05) is 6.07 Å². The summed E-state index contributed by atoms with van der Waals surface area (Å²) in [6.45, 7) is 2.86. The van der Waals surface area contributed by atoms with Crippen molar-refractivity contribution in [3.8, 4) is 6.07 Å². The van der Waals surface area contributed by atoms with Crippen LogP contribution in [0.5, 0.6) is 0 Å². The van der Waals surface area contributed by atoms with Crippen molar-refractivity contribution in [1.82, 2.24) is 0 Å². The van der Waals surface area contributed by atoms with E-state index in [9.17, 15) is 19.6 Å². The number of nitrogens with two attached hydrogens (primary N) is 1. The van der Waals surface area contributed by atoms with Gasteiger partial charge in [0.2, 0.25) is 5.91 Å². The van der Waals surface area contributed by atoms with E-state index >= 15 is 0 Å². The van der Waals surface area contributed by atoms with E-state index in [1.54, 1.807) is 19.1 Å². The molecule has 2 aromatic rings. The molecule has 9 heteroatoms. The summed E-state index contributed by atoms with van der Waals surface area (Å²) in [6.07, 6.45) is 0. The van der Waals surface area contributed by atoms with Gasteiger partial charge in [-0.2, -0.15) is 5.26 Å². The Kier molecular flexibility index (Phi) is 6.51. The molecule has 1 aromatic carbocycles. The molecule has 1 amide bonds. The van der Waals surface area contributed by atoms with Gasteiger partial charge in [0, 0.05) is 18.2 Å². The molecule has 0 aliphatic rings. The molecule has 27 heavy (non-hydrogen) atoms. The summed E-state index contributed by atoms with van der Waals surface area (Å²) < 4.78 is 10.2. The van der Waals surface area contributed by atoms with Gasteiger partial charge in [0.25, 0.3) is 0 Å². The van der Waals surface area contributed by atoms with Gasteiger partial charge in [0.15, 0.2) is 0 Å². The Morgan fingerprint density at radius 1 is 1.26 bits per heavy atom. The number of carbonyl (C=O) groups is 3. The van der Waals surface area contributed by atoms with Crippen LogP contribution in [0.1, 0.15) is 45.0 Å². The van der Waals surface area contributed by atoms with Crippen molar-refractivity contribution in [3.05, 3.63) is 45.8 Å². The Balaban J connectivity index is 2.21. The number of carbonyl (C=O) groups excluding carboxylic acids is 3. The summed E-state index contributed by atoms with van der Waals surface area (Å²) in [5.74, 6) is -1.58. The summed E-state index contributed by atoms with van der Waals surface area (Å²) in [5, 5.41) is 12.0. The fraction of sp³-hybridized carbons (Fsp3) is 0.222. The summed E-state index contributed by atoms with van der Waals surface area (Å²) in [5.41, 5.74) is 6.73. The minimum atomic E-state index is -0.675. The van der Waals surface area contributed by atoms with Gasteiger partial charge in [-0.25, -0.2) is 9.59 Å². The van der Waals surface area contributed by atoms with Gasteiger partial charge in [-0.15, -0.1) is 11.3 Å². The van der Waals surface area contributed by atoms with Crippen LogP contribution in [0.2, 0.25) is 0 Å². The Bertz CT molecular complexity index is 930. The minimum absolute atomic E-state index is 0.0860. The van der Waals surface area contributed by atoms with E-state index in [2.05, 4.69) is 5.32 Å². The van der Waals surface area contributed by atoms with Crippen LogP contribution in [0, 0.1) is 11.3 Å². The first-order chi connectivity index (χ1) is 12.9. The molecule has 3 N–H and O–H groups in total. The number of hydrogen-bond acceptors (Lipinski definition) is 8. The van der Waals surface area contributed by atoms with Crippen LogP contribution in [-0.2, 0) is 20.9 Å². The maximum Gasteiger partial charge on any atom is 0.348 e. The number of esters is 2. The van der Waals surface area contributed by atoms with Crippen LogP contribution in [0.25, 0.3) is 0 Å². The van der Waals surface area contributed by atoms with Crippen molar-refractivity contribution in [2.24, 2.45) is 0 Å². The molecule has 0 unspecified atom stereocenters. The first-order valence-electron chi connectivity index (χ1n) is 7.90. The highest BCUT2D eigenvalue weighted by Crippen LogP contribution is 2.32. The molecular weight excluding hydrogens is 370 g/mol. The molecule has 1 aromatic heterocycles. The lowest BCUT2D eigenvalue weighted by atomic mass is 10.1. The third-order valence-corrected chi connectivity index (χ3v) is 4.41. The molecule has 0 bridgehead atoms. The predicted octanol–water partition coefficient (Wildman–Crippen LogP) is 2.69. The molecule has 0 atom stereocenters. The first-order valence-corrected chi connectivity index (χ1v) is 8.72. The lowest BCUT2D eigenvalue weighted by Crippen LogP contribution is -2.11. The highest BCUT2D eigenvalue weighted by Gasteiger charge is 2.24. The minimum Gasteiger partial charge on any atom is -0.462 e. The fourth-order valence-corrected chi connectivity index (χ4v) is 3.17. The Hall–Kier alpha value is -3.38.